The summed E-state index contributed by atoms with van der Waals surface area (Å²) in [7, 11) is -1.93. The molecule has 0 N–H and O–H groups in total. The fraction of sp³-hybridized carbons (Fsp3) is 0.550. The van der Waals surface area contributed by atoms with Crippen LogP contribution in [0.4, 0.5) is 10.5 Å². The van der Waals surface area contributed by atoms with E-state index < -0.39 is 19.3 Å². The summed E-state index contributed by atoms with van der Waals surface area (Å²) in [6, 6.07) is 5.84. The van der Waals surface area contributed by atoms with Crippen molar-refractivity contribution in [2.24, 2.45) is 0 Å². The Morgan fingerprint density at radius 2 is 1.96 bits per heavy atom. The summed E-state index contributed by atoms with van der Waals surface area (Å²) in [5.74, 6) is 0. The smallest absolute Gasteiger partial charge is 0.410 e. The maximum Gasteiger partial charge on any atom is 0.410 e. The summed E-state index contributed by atoms with van der Waals surface area (Å²) in [4.78, 5) is 24.5. The fourth-order valence-electron chi connectivity index (χ4n) is 2.88. The largest absolute Gasteiger partial charge is 0.445 e. The monoisotopic (exact) mass is 406 g/mol. The summed E-state index contributed by atoms with van der Waals surface area (Å²) >= 11 is 0. The van der Waals surface area contributed by atoms with E-state index in [0.717, 1.165) is 0 Å². The molecule has 1 heterocycles. The van der Waals surface area contributed by atoms with E-state index in [1.165, 1.54) is 12.1 Å². The highest BCUT2D eigenvalue weighted by atomic mass is 28.4. The number of ether oxygens (including phenoxy) is 1. The fourth-order valence-corrected chi connectivity index (χ4v) is 4.24. The molecule has 0 bridgehead atoms. The van der Waals surface area contributed by atoms with Crippen LogP contribution in [0.15, 0.2) is 36.9 Å². The van der Waals surface area contributed by atoms with Gasteiger partial charge in [-0.1, -0.05) is 26.8 Å². The number of nitro benzene ring substituents is 1. The van der Waals surface area contributed by atoms with Crippen LogP contribution in [0.25, 0.3) is 0 Å². The number of carbonyl (C=O) groups excluding carboxylic acids is 1. The van der Waals surface area contributed by atoms with Crippen molar-refractivity contribution < 1.29 is 18.9 Å². The van der Waals surface area contributed by atoms with Gasteiger partial charge in [0, 0.05) is 18.7 Å². The number of rotatable bonds is 6. The molecular weight excluding hydrogens is 376 g/mol. The van der Waals surface area contributed by atoms with E-state index >= 15 is 0 Å². The van der Waals surface area contributed by atoms with Crippen LogP contribution in [0.3, 0.4) is 0 Å². The van der Waals surface area contributed by atoms with Crippen LogP contribution in [0, 0.1) is 10.1 Å². The minimum absolute atomic E-state index is 0.00645. The van der Waals surface area contributed by atoms with Crippen molar-refractivity contribution in [1.82, 2.24) is 4.90 Å². The number of likely N-dealkylation sites (tertiary alicyclic amines) is 1. The van der Waals surface area contributed by atoms with Crippen molar-refractivity contribution in [3.8, 4) is 0 Å². The topological polar surface area (TPSA) is 81.9 Å². The lowest BCUT2D eigenvalue weighted by Crippen LogP contribution is -2.44. The molecule has 0 radical (unpaired) electrons. The number of benzene rings is 1. The molecule has 1 aliphatic rings. The summed E-state index contributed by atoms with van der Waals surface area (Å²) in [6.07, 6.45) is 2.01. The Balaban J connectivity index is 1.96. The quantitative estimate of drug-likeness (QED) is 0.291. The molecule has 0 spiro atoms. The highest BCUT2D eigenvalue weighted by Gasteiger charge is 2.43. The second-order valence-corrected chi connectivity index (χ2v) is 13.4. The van der Waals surface area contributed by atoms with Gasteiger partial charge in [-0.25, -0.2) is 4.79 Å². The van der Waals surface area contributed by atoms with Gasteiger partial charge in [-0.3, -0.25) is 15.0 Å². The van der Waals surface area contributed by atoms with Crippen molar-refractivity contribution in [2.45, 2.75) is 64.1 Å². The molecule has 0 saturated carbocycles. The minimum Gasteiger partial charge on any atom is -0.445 e. The lowest BCUT2D eigenvalue weighted by molar-refractivity contribution is -0.384. The number of nitrogens with zero attached hydrogens (tertiary/aromatic N) is 2. The number of carbonyl (C=O) groups is 1. The molecule has 0 unspecified atom stereocenters. The first-order valence-corrected chi connectivity index (χ1v) is 12.3. The molecule has 0 aliphatic carbocycles. The van der Waals surface area contributed by atoms with Gasteiger partial charge in [0.2, 0.25) is 0 Å². The van der Waals surface area contributed by atoms with Gasteiger partial charge in [0.25, 0.3) is 5.69 Å². The zero-order chi connectivity index (χ0) is 21.1. The van der Waals surface area contributed by atoms with Gasteiger partial charge in [-0.05, 0) is 42.2 Å². The summed E-state index contributed by atoms with van der Waals surface area (Å²) < 4.78 is 11.9. The van der Waals surface area contributed by atoms with E-state index in [1.54, 1.807) is 23.1 Å². The third-order valence-electron chi connectivity index (χ3n) is 5.59. The molecule has 0 aromatic heterocycles. The number of amides is 1. The molecule has 8 heteroatoms. The second-order valence-electron chi connectivity index (χ2n) is 8.67. The van der Waals surface area contributed by atoms with Gasteiger partial charge in [-0.2, -0.15) is 0 Å². The van der Waals surface area contributed by atoms with Crippen molar-refractivity contribution in [3.63, 3.8) is 0 Å². The van der Waals surface area contributed by atoms with Crippen molar-refractivity contribution >= 4 is 20.1 Å². The van der Waals surface area contributed by atoms with Crippen molar-refractivity contribution in [1.29, 1.82) is 0 Å². The predicted molar refractivity (Wildman–Crippen MR) is 111 cm³/mol. The molecule has 1 amide bonds. The number of nitro groups is 1. The third kappa shape index (κ3) is 5.20. The summed E-state index contributed by atoms with van der Waals surface area (Å²) in [6.45, 7) is 15.3. The first-order valence-electron chi connectivity index (χ1n) is 9.41. The molecule has 1 fully saturated rings. The number of hydrogen-bond acceptors (Lipinski definition) is 5. The van der Waals surface area contributed by atoms with Crippen LogP contribution in [-0.4, -0.2) is 42.9 Å². The van der Waals surface area contributed by atoms with Gasteiger partial charge in [0.15, 0.2) is 8.32 Å². The van der Waals surface area contributed by atoms with Crippen LogP contribution in [0.1, 0.15) is 32.8 Å². The normalized spacial score (nSPS) is 20.1. The van der Waals surface area contributed by atoms with E-state index in [9.17, 15) is 14.9 Å². The molecule has 7 nitrogen and oxygen atoms in total. The van der Waals surface area contributed by atoms with Crippen molar-refractivity contribution in [2.75, 3.05) is 6.54 Å². The first-order chi connectivity index (χ1) is 12.9. The molecule has 2 atom stereocenters. The highest BCUT2D eigenvalue weighted by molar-refractivity contribution is 6.74. The van der Waals surface area contributed by atoms with Gasteiger partial charge in [-0.15, -0.1) is 6.58 Å². The Kier molecular flexibility index (Phi) is 6.66. The molecule has 154 valence electrons. The maximum absolute atomic E-state index is 12.6. The van der Waals surface area contributed by atoms with Crippen LogP contribution >= 0.6 is 0 Å². The Labute approximate surface area is 167 Å². The highest BCUT2D eigenvalue weighted by Crippen LogP contribution is 2.39. The van der Waals surface area contributed by atoms with E-state index in [0.29, 0.717) is 18.5 Å². The summed E-state index contributed by atoms with van der Waals surface area (Å²) in [5.41, 5.74) is 0.703. The maximum atomic E-state index is 12.6. The average molecular weight is 407 g/mol. The van der Waals surface area contributed by atoms with Crippen LogP contribution in [-0.2, 0) is 15.8 Å². The van der Waals surface area contributed by atoms with E-state index in [1.807, 2.05) is 0 Å². The van der Waals surface area contributed by atoms with Gasteiger partial charge in [0.05, 0.1) is 17.1 Å². The first kappa shape index (κ1) is 22.1. The third-order valence-corrected chi connectivity index (χ3v) is 10.1. The van der Waals surface area contributed by atoms with E-state index in [-0.39, 0.29) is 29.5 Å². The van der Waals surface area contributed by atoms with E-state index in [2.05, 4.69) is 40.4 Å². The molecular formula is C20H30N2O5Si. The lowest BCUT2D eigenvalue weighted by Gasteiger charge is -2.38. The number of non-ortho nitro benzene ring substituents is 1. The Bertz CT molecular complexity index is 727. The Hall–Kier alpha value is -2.19. The number of hydrogen-bond donors (Lipinski definition) is 0. The van der Waals surface area contributed by atoms with Gasteiger partial charge in [0.1, 0.15) is 6.61 Å². The van der Waals surface area contributed by atoms with Crippen LogP contribution in [0.5, 0.6) is 0 Å². The zero-order valence-corrected chi connectivity index (χ0v) is 18.3. The van der Waals surface area contributed by atoms with Gasteiger partial charge >= 0.3 is 6.09 Å². The Morgan fingerprint density at radius 1 is 1.36 bits per heavy atom. The molecule has 1 aromatic carbocycles. The Morgan fingerprint density at radius 3 is 2.46 bits per heavy atom. The zero-order valence-electron chi connectivity index (χ0n) is 17.3. The summed E-state index contributed by atoms with van der Waals surface area (Å²) in [5, 5.41) is 10.8. The molecule has 1 aliphatic heterocycles. The molecule has 28 heavy (non-hydrogen) atoms. The minimum atomic E-state index is -1.93. The second kappa shape index (κ2) is 8.44. The van der Waals surface area contributed by atoms with Gasteiger partial charge < -0.3 is 9.16 Å². The van der Waals surface area contributed by atoms with Crippen molar-refractivity contribution in [3.05, 3.63) is 52.6 Å². The predicted octanol–water partition coefficient (Wildman–Crippen LogP) is 4.88. The molecule has 1 saturated heterocycles. The molecule has 1 aromatic rings. The van der Waals surface area contributed by atoms with E-state index in [4.69, 9.17) is 9.16 Å². The standard InChI is InChI=1S/C20H30N2O5Si/c1-7-16-12-18(27-28(5,6)20(2,3)4)13-21(16)19(23)26-14-15-8-10-17(11-9-15)22(24)25/h7-11,16,18H,1,12-14H2,2-6H3/t16-,18-/m1/s1. The lowest BCUT2D eigenvalue weighted by atomic mass is 10.2. The van der Waals surface area contributed by atoms with Crippen LogP contribution < -0.4 is 0 Å². The van der Waals surface area contributed by atoms with Crippen LogP contribution in [0.2, 0.25) is 18.1 Å². The molecule has 2 rings (SSSR count). The SMILES string of the molecule is C=C[C@@H]1C[C@@H](O[Si](C)(C)C(C)(C)C)CN1C(=O)OCc1ccc([N+](=O)[O-])cc1. The average Bonchev–Trinajstić information content (AvgIpc) is 3.01.